The van der Waals surface area contributed by atoms with Gasteiger partial charge in [-0.15, -0.1) is 0 Å². The zero-order valence-corrected chi connectivity index (χ0v) is 32.5. The minimum absolute atomic E-state index is 0.0748. The third-order valence-corrected chi connectivity index (χ3v) is 9.94. The number of pyridine rings is 2. The van der Waals surface area contributed by atoms with Gasteiger partial charge >= 0.3 is 11.9 Å². The van der Waals surface area contributed by atoms with Crippen LogP contribution in [0.5, 0.6) is 11.5 Å². The number of hydrogen-bond acceptors (Lipinski definition) is 8. The number of hydrogen-bond donors (Lipinski definition) is 2. The number of para-hydroxylation sites is 2. The molecular formula is C44H34BrClN4O6. The molecule has 0 radical (unpaired) electrons. The van der Waals surface area contributed by atoms with E-state index in [0.29, 0.717) is 31.3 Å². The molecule has 8 aromatic rings. The number of nitrogens with zero attached hydrogens (tertiary/aromatic N) is 4. The minimum atomic E-state index is -0.667. The molecule has 8 rings (SSSR count). The largest absolute Gasteiger partial charge is 0.505 e. The van der Waals surface area contributed by atoms with E-state index in [1.807, 2.05) is 118 Å². The lowest BCUT2D eigenvalue weighted by atomic mass is 10.1. The summed E-state index contributed by atoms with van der Waals surface area (Å²) in [6.07, 6.45) is 3.17. The Labute approximate surface area is 335 Å². The maximum Gasteiger partial charge on any atom is 0.360 e. The fraction of sp³-hybridized carbons (Fsp3) is 0.0909. The van der Waals surface area contributed by atoms with E-state index >= 15 is 0 Å². The van der Waals surface area contributed by atoms with Gasteiger partial charge in [0.15, 0.2) is 22.9 Å². The third-order valence-electron chi connectivity index (χ3n) is 8.91. The molecular weight excluding hydrogens is 796 g/mol. The molecule has 0 bridgehead atoms. The van der Waals surface area contributed by atoms with E-state index in [0.717, 1.165) is 33.9 Å². The molecule has 12 heteroatoms. The van der Waals surface area contributed by atoms with Crippen LogP contribution in [0.25, 0.3) is 55.7 Å². The van der Waals surface area contributed by atoms with Crippen molar-refractivity contribution in [3.8, 4) is 45.4 Å². The van der Waals surface area contributed by atoms with Crippen molar-refractivity contribution in [3.63, 3.8) is 0 Å². The summed E-state index contributed by atoms with van der Waals surface area (Å²) in [5.74, 6) is -1.69. The minimum Gasteiger partial charge on any atom is -0.505 e. The Morgan fingerprint density at radius 3 is 1.71 bits per heavy atom. The van der Waals surface area contributed by atoms with E-state index in [4.69, 9.17) is 21.1 Å². The van der Waals surface area contributed by atoms with Crippen LogP contribution in [0, 0.1) is 0 Å². The van der Waals surface area contributed by atoms with Crippen molar-refractivity contribution in [2.24, 2.45) is 0 Å². The lowest BCUT2D eigenvalue weighted by Crippen LogP contribution is -2.07. The van der Waals surface area contributed by atoms with Crippen molar-refractivity contribution in [1.82, 2.24) is 19.1 Å². The average Bonchev–Trinajstić information content (AvgIpc) is 3.76. The van der Waals surface area contributed by atoms with Crippen LogP contribution in [0.15, 0.2) is 138 Å². The molecule has 0 fully saturated rings. The highest BCUT2D eigenvalue weighted by atomic mass is 79.9. The van der Waals surface area contributed by atoms with Crippen LogP contribution < -0.4 is 0 Å². The van der Waals surface area contributed by atoms with E-state index in [1.54, 1.807) is 38.4 Å². The number of esters is 2. The lowest BCUT2D eigenvalue weighted by molar-refractivity contribution is 0.0506. The van der Waals surface area contributed by atoms with E-state index in [2.05, 4.69) is 25.9 Å². The summed E-state index contributed by atoms with van der Waals surface area (Å²) < 4.78 is 14.7. The molecule has 0 aliphatic rings. The number of carbonyl (C=O) groups is 2. The Balaban J connectivity index is 0.000000172. The average molecular weight is 830 g/mol. The van der Waals surface area contributed by atoms with Gasteiger partial charge in [-0.1, -0.05) is 90.5 Å². The Bertz CT molecular complexity index is 2680. The highest BCUT2D eigenvalue weighted by Gasteiger charge is 2.26. The second kappa shape index (κ2) is 16.5. The van der Waals surface area contributed by atoms with Crippen LogP contribution in [0.4, 0.5) is 0 Å². The van der Waals surface area contributed by atoms with Gasteiger partial charge in [-0.25, -0.2) is 19.6 Å². The van der Waals surface area contributed by atoms with Gasteiger partial charge in [0.2, 0.25) is 0 Å². The first-order chi connectivity index (χ1) is 27.2. The fourth-order valence-electron chi connectivity index (χ4n) is 6.45. The molecule has 0 saturated carbocycles. The standard InChI is InChI=1S/C22H16BrClN2O3.C22H18N2O3/c1-2-29-22(28)19-21(27)17-16(12-25-19)26(15-6-4-3-5-7-15)20(18(17)23)13-8-10-14(24)11-9-13;1-2-27-22(26)20-21(25)17-13-18(15-9-5-3-6-10-15)24(19(17)14-23-20)16-11-7-4-8-12-16/h3-12,27H,2H2,1H3;3-14,25H,2H2,1H3. The summed E-state index contributed by atoms with van der Waals surface area (Å²) in [5, 5.41) is 23.2. The van der Waals surface area contributed by atoms with Crippen LogP contribution in [-0.4, -0.2) is 54.5 Å². The molecule has 4 aromatic carbocycles. The number of fused-ring (bicyclic) bond motifs is 2. The molecule has 4 heterocycles. The monoisotopic (exact) mass is 828 g/mol. The molecule has 0 unspecified atom stereocenters. The number of aromatic nitrogens is 4. The van der Waals surface area contributed by atoms with Gasteiger partial charge < -0.3 is 28.8 Å². The number of benzene rings is 4. The summed E-state index contributed by atoms with van der Waals surface area (Å²) in [5.41, 5.74) is 6.59. The summed E-state index contributed by atoms with van der Waals surface area (Å²) in [6, 6.07) is 38.7. The van der Waals surface area contributed by atoms with Crippen molar-refractivity contribution in [3.05, 3.63) is 155 Å². The van der Waals surface area contributed by atoms with Crippen molar-refractivity contribution in [1.29, 1.82) is 0 Å². The molecule has 0 aliphatic carbocycles. The van der Waals surface area contributed by atoms with Gasteiger partial charge in [0.1, 0.15) is 0 Å². The normalized spacial score (nSPS) is 10.9. The van der Waals surface area contributed by atoms with Crippen molar-refractivity contribution in [2.75, 3.05) is 13.2 Å². The molecule has 280 valence electrons. The molecule has 0 aliphatic heterocycles. The van der Waals surface area contributed by atoms with Crippen LogP contribution in [0.3, 0.4) is 0 Å². The van der Waals surface area contributed by atoms with Gasteiger partial charge in [-0.2, -0.15) is 0 Å². The predicted molar refractivity (Wildman–Crippen MR) is 221 cm³/mol. The first-order valence-corrected chi connectivity index (χ1v) is 18.8. The van der Waals surface area contributed by atoms with Gasteiger partial charge in [0, 0.05) is 21.8 Å². The molecule has 10 nitrogen and oxygen atoms in total. The first-order valence-electron chi connectivity index (χ1n) is 17.6. The van der Waals surface area contributed by atoms with Crippen LogP contribution >= 0.6 is 27.5 Å². The number of aromatic hydroxyl groups is 2. The van der Waals surface area contributed by atoms with Crippen molar-refractivity contribution < 1.29 is 29.3 Å². The number of rotatable bonds is 8. The summed E-state index contributed by atoms with van der Waals surface area (Å²) in [6.45, 7) is 3.83. The number of halogens is 2. The van der Waals surface area contributed by atoms with Crippen LogP contribution in [0.2, 0.25) is 5.02 Å². The predicted octanol–water partition coefficient (Wildman–Crippen LogP) is 10.6. The summed E-state index contributed by atoms with van der Waals surface area (Å²) in [4.78, 5) is 32.7. The van der Waals surface area contributed by atoms with E-state index < -0.39 is 11.9 Å². The van der Waals surface area contributed by atoms with Crippen molar-refractivity contribution in [2.45, 2.75) is 13.8 Å². The molecule has 0 saturated heterocycles. The zero-order valence-electron chi connectivity index (χ0n) is 30.2. The van der Waals surface area contributed by atoms with Gasteiger partial charge in [-0.3, -0.25) is 0 Å². The highest BCUT2D eigenvalue weighted by Crippen LogP contribution is 2.44. The maximum absolute atomic E-state index is 12.2. The second-order valence-electron chi connectivity index (χ2n) is 12.3. The van der Waals surface area contributed by atoms with Gasteiger partial charge in [0.05, 0.1) is 57.9 Å². The molecule has 0 amide bonds. The smallest absolute Gasteiger partial charge is 0.360 e. The maximum atomic E-state index is 12.2. The number of ether oxygens (including phenoxy) is 2. The molecule has 0 spiro atoms. The Morgan fingerprint density at radius 2 is 1.16 bits per heavy atom. The topological polar surface area (TPSA) is 129 Å². The molecule has 4 aromatic heterocycles. The Morgan fingerprint density at radius 1 is 0.661 bits per heavy atom. The van der Waals surface area contributed by atoms with E-state index in [-0.39, 0.29) is 36.1 Å². The summed E-state index contributed by atoms with van der Waals surface area (Å²) in [7, 11) is 0. The van der Waals surface area contributed by atoms with Crippen LogP contribution in [0.1, 0.15) is 34.8 Å². The first kappa shape index (κ1) is 37.9. The van der Waals surface area contributed by atoms with Crippen LogP contribution in [-0.2, 0) is 9.47 Å². The summed E-state index contributed by atoms with van der Waals surface area (Å²) >= 11 is 9.70. The van der Waals surface area contributed by atoms with Gasteiger partial charge in [-0.05, 0) is 83.4 Å². The van der Waals surface area contributed by atoms with Gasteiger partial charge in [0.25, 0.3) is 0 Å². The Hall–Kier alpha value is -6.43. The molecule has 56 heavy (non-hydrogen) atoms. The quantitative estimate of drug-likeness (QED) is 0.145. The Kier molecular flexibility index (Phi) is 11.2. The highest BCUT2D eigenvalue weighted by molar-refractivity contribution is 9.10. The second-order valence-corrected chi connectivity index (χ2v) is 13.5. The lowest BCUT2D eigenvalue weighted by Gasteiger charge is -2.12. The molecule has 2 N–H and O–H groups in total. The third kappa shape index (κ3) is 7.22. The molecule has 0 atom stereocenters. The fourth-order valence-corrected chi connectivity index (χ4v) is 7.38. The number of carbonyl (C=O) groups excluding carboxylic acids is 2. The zero-order chi connectivity index (χ0) is 39.3. The van der Waals surface area contributed by atoms with E-state index in [9.17, 15) is 19.8 Å². The van der Waals surface area contributed by atoms with E-state index in [1.165, 1.54) is 0 Å². The SMILES string of the molecule is CCOC(=O)c1ncc2c(c1O)c(Br)c(-c1ccc(Cl)cc1)n2-c1ccccc1.CCOC(=O)c1ncc2c(cc(-c3ccccc3)n2-c2ccccc2)c1O. The van der Waals surface area contributed by atoms with Crippen molar-refractivity contribution >= 4 is 61.3 Å².